The topological polar surface area (TPSA) is 52.6 Å². The molecule has 0 spiro atoms. The number of aliphatic hydroxyl groups is 1. The van der Waals surface area contributed by atoms with Crippen LogP contribution >= 0.6 is 0 Å². The molecule has 2 aliphatic carbocycles. The number of carbonyl (C=O) groups excluding carboxylic acids is 1. The second-order valence-electron chi connectivity index (χ2n) is 9.99. The Kier molecular flexibility index (Phi) is 6.04. The summed E-state index contributed by atoms with van der Waals surface area (Å²) in [4.78, 5) is 15.7. The average molecular weight is 437 g/mol. The predicted octanol–water partition coefficient (Wildman–Crippen LogP) is 4.09. The first-order valence-corrected chi connectivity index (χ1v) is 12.1. The van der Waals surface area contributed by atoms with Crippen LogP contribution in [0.5, 0.6) is 0 Å². The number of carbonyl (C=O) groups is 1. The van der Waals surface area contributed by atoms with Gasteiger partial charge in [0.05, 0.1) is 0 Å². The Morgan fingerprint density at radius 1 is 1.03 bits per heavy atom. The van der Waals surface area contributed by atoms with Gasteiger partial charge in [-0.15, -0.1) is 0 Å². The van der Waals surface area contributed by atoms with Gasteiger partial charge in [-0.1, -0.05) is 61.7 Å². The highest BCUT2D eigenvalue weighted by Crippen LogP contribution is 2.51. The highest BCUT2D eigenvalue weighted by molar-refractivity contribution is 5.86. The van der Waals surface area contributed by atoms with Crippen LogP contribution in [0.3, 0.4) is 0 Å². The predicted molar refractivity (Wildman–Crippen MR) is 122 cm³/mol. The molecule has 170 valence electrons. The number of likely N-dealkylation sites (tertiary alicyclic amines) is 1. The van der Waals surface area contributed by atoms with Crippen molar-refractivity contribution in [1.82, 2.24) is 10.2 Å². The van der Waals surface area contributed by atoms with Gasteiger partial charge in [0.15, 0.2) is 5.60 Å². The second-order valence-corrected chi connectivity index (χ2v) is 9.99. The van der Waals surface area contributed by atoms with E-state index in [-0.39, 0.29) is 17.6 Å². The van der Waals surface area contributed by atoms with E-state index in [9.17, 15) is 14.3 Å². The Balaban J connectivity index is 1.18. The van der Waals surface area contributed by atoms with Gasteiger partial charge in [0.1, 0.15) is 5.82 Å². The smallest absolute Gasteiger partial charge is 0.256 e. The lowest BCUT2D eigenvalue weighted by atomic mass is 9.73. The van der Waals surface area contributed by atoms with Crippen molar-refractivity contribution in [3.8, 4) is 0 Å². The van der Waals surface area contributed by atoms with Gasteiger partial charge >= 0.3 is 0 Å². The first kappa shape index (κ1) is 21.6. The van der Waals surface area contributed by atoms with Gasteiger partial charge in [0.25, 0.3) is 5.91 Å². The third-order valence-electron chi connectivity index (χ3n) is 8.00. The first-order chi connectivity index (χ1) is 15.6. The lowest BCUT2D eigenvalue weighted by Crippen LogP contribution is -2.50. The van der Waals surface area contributed by atoms with E-state index in [1.54, 1.807) is 12.1 Å². The molecule has 0 radical (unpaired) electrons. The normalized spacial score (nSPS) is 27.5. The minimum atomic E-state index is -1.45. The van der Waals surface area contributed by atoms with Crippen LogP contribution in [-0.2, 0) is 16.9 Å². The summed E-state index contributed by atoms with van der Waals surface area (Å²) in [5.74, 6) is 1.20. The molecule has 1 heterocycles. The van der Waals surface area contributed by atoms with Crippen LogP contribution in [0.4, 0.5) is 4.39 Å². The number of nitrogens with zero attached hydrogens (tertiary/aromatic N) is 1. The van der Waals surface area contributed by atoms with Crippen LogP contribution in [-0.4, -0.2) is 35.5 Å². The van der Waals surface area contributed by atoms with Crippen LogP contribution < -0.4 is 5.32 Å². The van der Waals surface area contributed by atoms with E-state index >= 15 is 0 Å². The van der Waals surface area contributed by atoms with E-state index in [1.807, 2.05) is 36.4 Å². The molecule has 1 amide bonds. The monoisotopic (exact) mass is 436 g/mol. The molecule has 5 heteroatoms. The fourth-order valence-corrected chi connectivity index (χ4v) is 6.17. The van der Waals surface area contributed by atoms with Crippen LogP contribution in [0.25, 0.3) is 0 Å². The van der Waals surface area contributed by atoms with Crippen molar-refractivity contribution >= 4 is 5.91 Å². The summed E-state index contributed by atoms with van der Waals surface area (Å²) < 4.78 is 13.4. The summed E-state index contributed by atoms with van der Waals surface area (Å²) in [6.07, 6.45) is 5.10. The van der Waals surface area contributed by atoms with E-state index in [0.717, 1.165) is 50.9 Å². The Labute approximate surface area is 189 Å². The fraction of sp³-hybridized carbons (Fsp3) is 0.519. The zero-order valence-electron chi connectivity index (χ0n) is 18.6. The standard InChI is InChI=1S/C27H33FN2O2/c28-22-13-7-8-19(14-22)16-30-17-24-23(25(24)18-30)15-29-26(31)27(32,20-9-3-1-4-10-20)21-11-5-2-6-12-21/h1,3-4,7-10,13-14,21,23-25,32H,2,5-6,11-12,15-18H2,(H,29,31). The molecule has 5 rings (SSSR count). The molecule has 1 aliphatic heterocycles. The van der Waals surface area contributed by atoms with E-state index in [0.29, 0.717) is 29.9 Å². The SMILES string of the molecule is O=C(NCC1C2CN(Cc3cccc(F)c3)CC12)C(O)(c1ccccc1)C1CCCCC1. The van der Waals surface area contributed by atoms with Gasteiger partial charge < -0.3 is 10.4 Å². The van der Waals surface area contributed by atoms with Crippen molar-refractivity contribution in [1.29, 1.82) is 0 Å². The number of hydrogen-bond donors (Lipinski definition) is 2. The summed E-state index contributed by atoms with van der Waals surface area (Å²) in [6.45, 7) is 3.39. The van der Waals surface area contributed by atoms with Gasteiger partial charge in [-0.05, 0) is 53.9 Å². The lowest BCUT2D eigenvalue weighted by molar-refractivity contribution is -0.149. The van der Waals surface area contributed by atoms with Gasteiger partial charge in [0, 0.05) is 32.1 Å². The molecule has 2 N–H and O–H groups in total. The molecule has 3 fully saturated rings. The number of fused-ring (bicyclic) bond motifs is 1. The molecule has 0 aromatic heterocycles. The molecule has 2 saturated carbocycles. The summed E-state index contributed by atoms with van der Waals surface area (Å²) in [5, 5.41) is 14.8. The van der Waals surface area contributed by atoms with E-state index in [2.05, 4.69) is 10.2 Å². The Morgan fingerprint density at radius 2 is 1.75 bits per heavy atom. The summed E-state index contributed by atoms with van der Waals surface area (Å²) in [5.41, 5.74) is 0.271. The number of piperidine rings is 1. The number of rotatable bonds is 7. The summed E-state index contributed by atoms with van der Waals surface area (Å²) in [7, 11) is 0. The van der Waals surface area contributed by atoms with Crippen LogP contribution in [0.1, 0.15) is 43.2 Å². The summed E-state index contributed by atoms with van der Waals surface area (Å²) in [6, 6.07) is 16.3. The molecule has 3 atom stereocenters. The number of hydrogen-bond acceptors (Lipinski definition) is 3. The van der Waals surface area contributed by atoms with Crippen molar-refractivity contribution in [3.63, 3.8) is 0 Å². The molecule has 32 heavy (non-hydrogen) atoms. The molecular weight excluding hydrogens is 403 g/mol. The van der Waals surface area contributed by atoms with Gasteiger partial charge in [-0.2, -0.15) is 0 Å². The molecule has 3 aliphatic rings. The highest BCUT2D eigenvalue weighted by Gasteiger charge is 2.55. The number of halogens is 1. The van der Waals surface area contributed by atoms with Crippen molar-refractivity contribution in [2.75, 3.05) is 19.6 Å². The minimum absolute atomic E-state index is 0.0286. The molecular formula is C27H33FN2O2. The highest BCUT2D eigenvalue weighted by atomic mass is 19.1. The Hall–Kier alpha value is -2.24. The minimum Gasteiger partial charge on any atom is -0.375 e. The van der Waals surface area contributed by atoms with E-state index in [1.165, 1.54) is 12.5 Å². The van der Waals surface area contributed by atoms with Crippen molar-refractivity contribution in [3.05, 3.63) is 71.5 Å². The number of nitrogens with one attached hydrogen (secondary N) is 1. The maximum Gasteiger partial charge on any atom is 0.256 e. The van der Waals surface area contributed by atoms with Crippen LogP contribution in [0, 0.1) is 29.5 Å². The number of benzene rings is 2. The van der Waals surface area contributed by atoms with Gasteiger partial charge in [0.2, 0.25) is 0 Å². The largest absolute Gasteiger partial charge is 0.375 e. The zero-order chi connectivity index (χ0) is 22.1. The van der Waals surface area contributed by atoms with Crippen molar-refractivity contribution in [2.24, 2.45) is 23.7 Å². The Bertz CT molecular complexity index is 934. The Morgan fingerprint density at radius 3 is 2.44 bits per heavy atom. The average Bonchev–Trinajstić information content (AvgIpc) is 3.28. The van der Waals surface area contributed by atoms with Crippen molar-refractivity contribution in [2.45, 2.75) is 44.2 Å². The van der Waals surface area contributed by atoms with Crippen LogP contribution in [0.15, 0.2) is 54.6 Å². The first-order valence-electron chi connectivity index (χ1n) is 12.1. The second kappa shape index (κ2) is 8.95. The zero-order valence-corrected chi connectivity index (χ0v) is 18.6. The third-order valence-corrected chi connectivity index (χ3v) is 8.00. The molecule has 1 saturated heterocycles. The quantitative estimate of drug-likeness (QED) is 0.688. The van der Waals surface area contributed by atoms with Crippen LogP contribution in [0.2, 0.25) is 0 Å². The van der Waals surface area contributed by atoms with Crippen molar-refractivity contribution < 1.29 is 14.3 Å². The van der Waals surface area contributed by atoms with Gasteiger partial charge in [-0.25, -0.2) is 4.39 Å². The maximum absolute atomic E-state index is 13.4. The van der Waals surface area contributed by atoms with Gasteiger partial charge in [-0.3, -0.25) is 9.69 Å². The molecule has 3 unspecified atom stereocenters. The molecule has 0 bridgehead atoms. The molecule has 2 aromatic rings. The van der Waals surface area contributed by atoms with E-state index in [4.69, 9.17) is 0 Å². The third kappa shape index (κ3) is 4.20. The maximum atomic E-state index is 13.4. The lowest BCUT2D eigenvalue weighted by Gasteiger charge is -2.37. The number of amides is 1. The molecule has 4 nitrogen and oxygen atoms in total. The van der Waals surface area contributed by atoms with E-state index < -0.39 is 5.60 Å². The molecule has 2 aromatic carbocycles. The summed E-state index contributed by atoms with van der Waals surface area (Å²) >= 11 is 0. The fourth-order valence-electron chi connectivity index (χ4n) is 6.17.